The van der Waals surface area contributed by atoms with Crippen LogP contribution in [0.4, 0.5) is 5.69 Å². The molecule has 17 heavy (non-hydrogen) atoms. The Bertz CT molecular complexity index is 589. The summed E-state index contributed by atoms with van der Waals surface area (Å²) >= 11 is 0. The molecule has 6 nitrogen and oxygen atoms in total. The van der Waals surface area contributed by atoms with Crippen molar-refractivity contribution in [2.45, 2.75) is 11.8 Å². The summed E-state index contributed by atoms with van der Waals surface area (Å²) in [5.41, 5.74) is 1.16. The standard InChI is InChI=1S/C10H10N2O4S/c1-8-6-7-11(12(8)13)9-2-4-10(5-3-9)17(14,15)16/h2-6H,7H2,1H3/p+1. The van der Waals surface area contributed by atoms with Crippen LogP contribution in [0.3, 0.4) is 0 Å². The van der Waals surface area contributed by atoms with Gasteiger partial charge in [0, 0.05) is 13.0 Å². The molecule has 1 heterocycles. The molecule has 1 aliphatic heterocycles. The van der Waals surface area contributed by atoms with Crippen LogP contribution >= 0.6 is 0 Å². The second-order valence-corrected chi connectivity index (χ2v) is 5.09. The lowest BCUT2D eigenvalue weighted by atomic mass is 10.3. The average Bonchev–Trinajstić information content (AvgIpc) is 2.59. The van der Waals surface area contributed by atoms with Gasteiger partial charge in [-0.05, 0) is 24.3 Å². The molecule has 0 aliphatic carbocycles. The fourth-order valence-electron chi connectivity index (χ4n) is 1.56. The van der Waals surface area contributed by atoms with Crippen molar-refractivity contribution in [3.05, 3.63) is 40.9 Å². The van der Waals surface area contributed by atoms with E-state index in [0.717, 1.165) is 4.87 Å². The van der Waals surface area contributed by atoms with Crippen molar-refractivity contribution >= 4 is 15.8 Å². The van der Waals surface area contributed by atoms with Crippen molar-refractivity contribution in [2.24, 2.45) is 0 Å². The van der Waals surface area contributed by atoms with Crippen molar-refractivity contribution in [1.29, 1.82) is 0 Å². The van der Waals surface area contributed by atoms with Gasteiger partial charge in [-0.3, -0.25) is 4.55 Å². The van der Waals surface area contributed by atoms with Gasteiger partial charge in [-0.15, -0.1) is 0 Å². The first-order valence-electron chi connectivity index (χ1n) is 4.88. The summed E-state index contributed by atoms with van der Waals surface area (Å²) in [5, 5.41) is 1.45. The van der Waals surface area contributed by atoms with Crippen LogP contribution in [0.1, 0.15) is 6.92 Å². The zero-order chi connectivity index (χ0) is 12.6. The molecule has 1 aliphatic rings. The summed E-state index contributed by atoms with van der Waals surface area (Å²) in [6, 6.07) is 5.46. The Balaban J connectivity index is 2.29. The Kier molecular flexibility index (Phi) is 2.72. The Hall–Kier alpha value is -1.73. The fraction of sp³-hybridized carbons (Fsp3) is 0.200. The second kappa shape index (κ2) is 3.94. The number of benzene rings is 1. The Labute approximate surface area is 98.5 Å². The number of anilines is 1. The molecule has 0 saturated heterocycles. The number of hydrogen-bond acceptors (Lipinski definition) is 3. The van der Waals surface area contributed by atoms with Gasteiger partial charge in [0.25, 0.3) is 15.8 Å². The largest absolute Gasteiger partial charge is 0.294 e. The molecule has 2 rings (SSSR count). The summed E-state index contributed by atoms with van der Waals surface area (Å²) < 4.78 is 30.5. The van der Waals surface area contributed by atoms with Gasteiger partial charge in [-0.25, -0.2) is 0 Å². The average molecular weight is 255 g/mol. The van der Waals surface area contributed by atoms with Crippen LogP contribution in [0.25, 0.3) is 0 Å². The monoisotopic (exact) mass is 255 g/mol. The third-order valence-electron chi connectivity index (χ3n) is 2.51. The lowest BCUT2D eigenvalue weighted by Crippen LogP contribution is -2.26. The lowest BCUT2D eigenvalue weighted by molar-refractivity contribution is -0.502. The third kappa shape index (κ3) is 2.20. The van der Waals surface area contributed by atoms with Gasteiger partial charge in [0.15, 0.2) is 4.87 Å². The topological polar surface area (TPSA) is 77.7 Å². The van der Waals surface area contributed by atoms with Crippen LogP contribution in [0.5, 0.6) is 0 Å². The maximum Gasteiger partial charge on any atom is 0.294 e. The van der Waals surface area contributed by atoms with Crippen LogP contribution < -0.4 is 5.01 Å². The highest BCUT2D eigenvalue weighted by Gasteiger charge is 2.30. The molecule has 1 N–H and O–H groups in total. The van der Waals surface area contributed by atoms with Crippen molar-refractivity contribution in [2.75, 3.05) is 11.6 Å². The summed E-state index contributed by atoms with van der Waals surface area (Å²) in [5.74, 6) is 0. The summed E-state index contributed by atoms with van der Waals surface area (Å²) in [7, 11) is -4.19. The molecule has 0 saturated carbocycles. The van der Waals surface area contributed by atoms with Gasteiger partial charge in [0.2, 0.25) is 0 Å². The van der Waals surface area contributed by atoms with E-state index < -0.39 is 10.1 Å². The predicted molar refractivity (Wildman–Crippen MR) is 61.0 cm³/mol. The second-order valence-electron chi connectivity index (χ2n) is 3.67. The van der Waals surface area contributed by atoms with Gasteiger partial charge in [-0.2, -0.15) is 8.42 Å². The molecule has 0 fully saturated rings. The van der Waals surface area contributed by atoms with E-state index in [1.807, 2.05) is 0 Å². The first kappa shape index (κ1) is 11.7. The van der Waals surface area contributed by atoms with E-state index in [9.17, 15) is 13.3 Å². The molecule has 0 spiro atoms. The van der Waals surface area contributed by atoms with Crippen molar-refractivity contribution in [1.82, 2.24) is 0 Å². The molecule has 0 atom stereocenters. The molecule has 7 heteroatoms. The molecule has 1 aromatic carbocycles. The van der Waals surface area contributed by atoms with E-state index in [1.54, 1.807) is 13.0 Å². The minimum Gasteiger partial charge on any atom is -0.282 e. The third-order valence-corrected chi connectivity index (χ3v) is 3.38. The van der Waals surface area contributed by atoms with Crippen LogP contribution in [-0.4, -0.2) is 24.4 Å². The SMILES string of the molecule is CC1=CCN(c2ccc(S(=O)(=O)O)cc2)[N+]1=O. The number of allylic oxidation sites excluding steroid dienone is 1. The van der Waals surface area contributed by atoms with Crippen LogP contribution in [0.2, 0.25) is 0 Å². The molecule has 1 aromatic rings. The predicted octanol–water partition coefficient (Wildman–Crippen LogP) is 1.35. The van der Waals surface area contributed by atoms with Crippen LogP contribution in [0.15, 0.2) is 40.9 Å². The van der Waals surface area contributed by atoms with E-state index in [-0.39, 0.29) is 4.90 Å². The van der Waals surface area contributed by atoms with E-state index in [2.05, 4.69) is 0 Å². The molecular weight excluding hydrogens is 244 g/mol. The zero-order valence-corrected chi connectivity index (χ0v) is 9.88. The molecule has 0 amide bonds. The minimum absolute atomic E-state index is 0.192. The van der Waals surface area contributed by atoms with Crippen molar-refractivity contribution < 1.29 is 17.8 Å². The highest BCUT2D eigenvalue weighted by molar-refractivity contribution is 7.85. The number of hydrogen-bond donors (Lipinski definition) is 1. The van der Waals surface area contributed by atoms with Gasteiger partial charge in [-0.1, -0.05) is 5.01 Å². The minimum atomic E-state index is -4.19. The smallest absolute Gasteiger partial charge is 0.282 e. The lowest BCUT2D eigenvalue weighted by Gasteiger charge is -2.07. The van der Waals surface area contributed by atoms with Gasteiger partial charge in [0.05, 0.1) is 9.80 Å². The first-order valence-corrected chi connectivity index (χ1v) is 6.32. The highest BCUT2D eigenvalue weighted by Crippen LogP contribution is 2.22. The van der Waals surface area contributed by atoms with Crippen molar-refractivity contribution in [3.8, 4) is 0 Å². The normalized spacial score (nSPS) is 16.2. The summed E-state index contributed by atoms with van der Waals surface area (Å²) in [6.45, 7) is 2.14. The van der Waals surface area contributed by atoms with E-state index in [4.69, 9.17) is 4.55 Å². The maximum absolute atomic E-state index is 11.6. The van der Waals surface area contributed by atoms with Crippen LogP contribution in [0, 0.1) is 4.91 Å². The maximum atomic E-state index is 11.6. The number of rotatable bonds is 2. The van der Waals surface area contributed by atoms with E-state index >= 15 is 0 Å². The molecule has 0 aromatic heterocycles. The van der Waals surface area contributed by atoms with Gasteiger partial charge < -0.3 is 0 Å². The molecule has 0 unspecified atom stereocenters. The highest BCUT2D eigenvalue weighted by atomic mass is 32.2. The Morgan fingerprint density at radius 1 is 1.29 bits per heavy atom. The van der Waals surface area contributed by atoms with E-state index in [0.29, 0.717) is 17.9 Å². The summed E-state index contributed by atoms with van der Waals surface area (Å²) in [6.07, 6.45) is 1.77. The molecule has 0 radical (unpaired) electrons. The number of hydrazine groups is 1. The Morgan fingerprint density at radius 2 is 1.88 bits per heavy atom. The fourth-order valence-corrected chi connectivity index (χ4v) is 2.04. The number of nitroso groups, excluding NO2 is 1. The van der Waals surface area contributed by atoms with E-state index in [1.165, 1.54) is 29.3 Å². The number of nitrogens with zero attached hydrogens (tertiary/aromatic N) is 2. The van der Waals surface area contributed by atoms with Gasteiger partial charge in [0.1, 0.15) is 12.2 Å². The Morgan fingerprint density at radius 3 is 2.29 bits per heavy atom. The molecular formula is C10H11N2O4S+. The van der Waals surface area contributed by atoms with Crippen LogP contribution in [-0.2, 0) is 10.1 Å². The van der Waals surface area contributed by atoms with Crippen molar-refractivity contribution in [3.63, 3.8) is 0 Å². The summed E-state index contributed by atoms with van der Waals surface area (Å²) in [4.78, 5) is 12.1. The van der Waals surface area contributed by atoms with Gasteiger partial charge >= 0.3 is 0 Å². The molecule has 90 valence electrons. The molecule has 0 bridgehead atoms. The quantitative estimate of drug-likeness (QED) is 0.637. The zero-order valence-electron chi connectivity index (χ0n) is 9.07. The first-order chi connectivity index (χ1) is 7.89.